The van der Waals surface area contributed by atoms with Crippen LogP contribution >= 0.6 is 0 Å². The van der Waals surface area contributed by atoms with Gasteiger partial charge in [-0.05, 0) is 68.2 Å². The number of ether oxygens (including phenoxy) is 9. The zero-order valence-corrected chi connectivity index (χ0v) is 51.7. The summed E-state index contributed by atoms with van der Waals surface area (Å²) >= 11 is 0. The molecule has 0 spiro atoms. The topological polar surface area (TPSA) is 256 Å². The number of rotatable bonds is 33. The summed E-state index contributed by atoms with van der Waals surface area (Å²) in [6.45, 7) is 12.8. The van der Waals surface area contributed by atoms with Crippen LogP contribution in [0.2, 0.25) is 0 Å². The number of nitrogens with one attached hydrogen (secondary N) is 3. The molecule has 3 aromatic carbocycles. The fraction of sp³-hybridized carbons (Fsp3) is 0.515. The number of piperidine rings is 1. The lowest BCUT2D eigenvalue weighted by Crippen LogP contribution is -2.54. The van der Waals surface area contributed by atoms with Gasteiger partial charge in [0.05, 0.1) is 120 Å². The Kier molecular flexibility index (Phi) is 21.9. The number of piperazine rings is 1. The van der Waals surface area contributed by atoms with Gasteiger partial charge in [0.25, 0.3) is 11.8 Å². The van der Waals surface area contributed by atoms with Crippen molar-refractivity contribution in [3.8, 4) is 29.6 Å². The van der Waals surface area contributed by atoms with Crippen LogP contribution in [0.15, 0.2) is 66.9 Å². The quantitative estimate of drug-likeness (QED) is 0.0209. The summed E-state index contributed by atoms with van der Waals surface area (Å²) < 4.78 is 83.9. The molecule has 5 amide bonds. The maximum absolute atomic E-state index is 17.2. The van der Waals surface area contributed by atoms with Gasteiger partial charge in [0, 0.05) is 87.2 Å². The molecule has 92 heavy (non-hydrogen) atoms. The van der Waals surface area contributed by atoms with Crippen LogP contribution < -0.4 is 25.6 Å². The third kappa shape index (κ3) is 15.3. The summed E-state index contributed by atoms with van der Waals surface area (Å²) in [6.07, 6.45) is 11.3. The summed E-state index contributed by atoms with van der Waals surface area (Å²) in [5.41, 5.74) is 2.02. The monoisotopic (exact) mass is 1270 g/mol. The molecule has 2 aromatic heterocycles. The second kappa shape index (κ2) is 30.7. The fourth-order valence-electron chi connectivity index (χ4n) is 13.0. The number of hydrogen-bond donors (Lipinski definition) is 3. The molecule has 11 rings (SSSR count). The number of fused-ring (bicyclic) bond motifs is 6. The number of carbonyl (C=O) groups is 5. The lowest BCUT2D eigenvalue weighted by molar-refractivity contribution is -0.136. The van der Waals surface area contributed by atoms with Gasteiger partial charge in [0.15, 0.2) is 5.82 Å². The summed E-state index contributed by atoms with van der Waals surface area (Å²) in [7, 11) is 1.67. The van der Waals surface area contributed by atoms with E-state index in [0.717, 1.165) is 36.2 Å². The minimum absolute atomic E-state index is 0.0105. The number of pyridine rings is 1. The molecule has 26 heteroatoms. The minimum atomic E-state index is -1.01. The molecule has 0 radical (unpaired) electrons. The number of anilines is 2. The second-order valence-corrected chi connectivity index (χ2v) is 23.7. The predicted molar refractivity (Wildman–Crippen MR) is 333 cm³/mol. The van der Waals surface area contributed by atoms with E-state index >= 15 is 8.78 Å². The van der Waals surface area contributed by atoms with Gasteiger partial charge in [-0.25, -0.2) is 13.6 Å². The number of nitrogens with zero attached hydrogens (tertiary/aromatic N) is 7. The molecule has 6 aliphatic heterocycles. The van der Waals surface area contributed by atoms with Crippen molar-refractivity contribution in [1.29, 1.82) is 0 Å². The van der Waals surface area contributed by atoms with E-state index in [4.69, 9.17) is 59.0 Å². The maximum atomic E-state index is 17.2. The van der Waals surface area contributed by atoms with Crippen molar-refractivity contribution in [1.82, 2.24) is 40.3 Å². The van der Waals surface area contributed by atoms with Gasteiger partial charge in [0.1, 0.15) is 42.1 Å². The van der Waals surface area contributed by atoms with Gasteiger partial charge in [-0.2, -0.15) is 9.97 Å². The van der Waals surface area contributed by atoms with E-state index in [1.54, 1.807) is 55.7 Å². The first kappa shape index (κ1) is 65.6. The lowest BCUT2D eigenvalue weighted by Gasteiger charge is -2.35. The Labute approximate surface area is 531 Å². The van der Waals surface area contributed by atoms with Crippen LogP contribution in [0.25, 0.3) is 32.9 Å². The number of amides is 5. The third-order valence-electron chi connectivity index (χ3n) is 17.5. The SMILES string of the molecule is C#Cc1c(F)ccc2cccc(-c3ncc4c(N5CC6CCC(C5)N6)nc(OCC56CC[C@@H](COC(=O)N(C)CCOCCOCCOCCOCCOCCOCCOCCNc7ccc8c(c7)C(=O)N(C7CCC(=O)NC7=O)C8=O)N5CC(=C)C6)nc4c3F)c12. The van der Waals surface area contributed by atoms with Crippen molar-refractivity contribution in [2.45, 2.75) is 74.7 Å². The molecule has 5 fully saturated rings. The molecule has 24 nitrogen and oxygen atoms in total. The molecule has 5 saturated heterocycles. The van der Waals surface area contributed by atoms with Crippen LogP contribution in [0.5, 0.6) is 6.01 Å². The van der Waals surface area contributed by atoms with Crippen molar-refractivity contribution < 1.29 is 75.4 Å². The van der Waals surface area contributed by atoms with E-state index in [2.05, 4.69) is 43.2 Å². The number of hydrogen-bond acceptors (Lipinski definition) is 21. The summed E-state index contributed by atoms with van der Waals surface area (Å²) in [5.74, 6) is -0.467. The molecule has 2 bridgehead atoms. The molecule has 4 unspecified atom stereocenters. The predicted octanol–water partition coefficient (Wildman–Crippen LogP) is 5.28. The number of carbonyl (C=O) groups excluding carboxylic acids is 5. The normalized spacial score (nSPS) is 21.1. The number of halogens is 2. The van der Waals surface area contributed by atoms with Crippen LogP contribution in [0.1, 0.15) is 71.2 Å². The number of likely N-dealkylation sites (N-methyl/N-ethyl adjacent to an activating group) is 1. The fourth-order valence-corrected chi connectivity index (χ4v) is 13.0. The van der Waals surface area contributed by atoms with Crippen LogP contribution in [-0.4, -0.2) is 235 Å². The van der Waals surface area contributed by atoms with Crippen LogP contribution in [0.4, 0.5) is 25.1 Å². The Morgan fingerprint density at radius 3 is 2.14 bits per heavy atom. The smallest absolute Gasteiger partial charge is 0.409 e. The first-order valence-electron chi connectivity index (χ1n) is 31.4. The second-order valence-electron chi connectivity index (χ2n) is 23.7. The van der Waals surface area contributed by atoms with E-state index in [9.17, 15) is 24.0 Å². The average Bonchev–Trinajstić information content (AvgIpc) is 1.26. The van der Waals surface area contributed by atoms with Crippen LogP contribution in [0, 0.1) is 24.0 Å². The molecule has 6 aliphatic rings. The minimum Gasteiger partial charge on any atom is -0.461 e. The molecule has 5 aromatic rings. The van der Waals surface area contributed by atoms with E-state index in [1.165, 1.54) is 11.0 Å². The third-order valence-corrected chi connectivity index (χ3v) is 17.5. The van der Waals surface area contributed by atoms with Crippen molar-refractivity contribution in [3.05, 3.63) is 95.2 Å². The zero-order chi connectivity index (χ0) is 64.1. The highest BCUT2D eigenvalue weighted by Crippen LogP contribution is 2.45. The Balaban J connectivity index is 0.517. The number of imide groups is 2. The van der Waals surface area contributed by atoms with Gasteiger partial charge < -0.3 is 63.1 Å². The molecule has 3 N–H and O–H groups in total. The van der Waals surface area contributed by atoms with E-state index in [0.29, 0.717) is 165 Å². The largest absolute Gasteiger partial charge is 0.461 e. The Bertz CT molecular complexity index is 3570. The van der Waals surface area contributed by atoms with E-state index in [-0.39, 0.29) is 78.1 Å². The molecule has 0 aliphatic carbocycles. The highest BCUT2D eigenvalue weighted by molar-refractivity contribution is 6.23. The van der Waals surface area contributed by atoms with Crippen molar-refractivity contribution in [3.63, 3.8) is 0 Å². The molecular weight excluding hydrogens is 1190 g/mol. The van der Waals surface area contributed by atoms with Crippen molar-refractivity contribution in [2.75, 3.05) is 156 Å². The van der Waals surface area contributed by atoms with E-state index in [1.807, 2.05) is 0 Å². The summed E-state index contributed by atoms with van der Waals surface area (Å²) in [4.78, 5) is 84.2. The molecular formula is C66H78F2N10O14. The van der Waals surface area contributed by atoms with E-state index < -0.39 is 52.9 Å². The number of aromatic nitrogens is 3. The van der Waals surface area contributed by atoms with Gasteiger partial charge in [-0.1, -0.05) is 42.3 Å². The zero-order valence-electron chi connectivity index (χ0n) is 51.7. The van der Waals surface area contributed by atoms with Gasteiger partial charge in [-0.3, -0.25) is 39.3 Å². The number of terminal acetylenes is 1. The Morgan fingerprint density at radius 2 is 1.47 bits per heavy atom. The standard InChI is InChI=1S/C66H78F2N10O14/c1-4-48-53(67)13-8-43-6-5-7-50(56(43)48)58-57(68)59-52(36-70-58)60(76-38-45-9-10-46(39-76)71-45)74-64(73-59)92-41-66-17-16-47(77(66)37-42(2)35-66)40-91-65(83)75(3)19-21-85-23-25-87-27-29-89-31-33-90-32-30-88-28-26-86-24-22-84-20-18-69-44-11-12-49-51(34-44)63(82)78(62(49)81)54-14-15-55(79)72-61(54)80/h1,5-8,11-13,34,36,45-47,54,69,71H,2,9-10,14-33,35,37-41H2,3H3,(H,72,79,80)/t45?,46?,47-,54?,66?/m0/s1. The van der Waals surface area contributed by atoms with Crippen LogP contribution in [0.3, 0.4) is 0 Å². The van der Waals surface area contributed by atoms with Gasteiger partial charge in [0.2, 0.25) is 11.8 Å². The first-order chi connectivity index (χ1) is 44.8. The van der Waals surface area contributed by atoms with Crippen molar-refractivity contribution in [2.24, 2.45) is 0 Å². The average molecular weight is 1270 g/mol. The summed E-state index contributed by atoms with van der Waals surface area (Å²) in [5, 5.41) is 10.5. The molecule has 0 saturated carbocycles. The maximum Gasteiger partial charge on any atom is 0.409 e. The highest BCUT2D eigenvalue weighted by Gasteiger charge is 2.52. The first-order valence-corrected chi connectivity index (χ1v) is 31.4. The highest BCUT2D eigenvalue weighted by atomic mass is 19.1. The van der Waals surface area contributed by atoms with Gasteiger partial charge >= 0.3 is 12.1 Å². The lowest BCUT2D eigenvalue weighted by atomic mass is 9.94. The molecule has 490 valence electrons. The number of benzene rings is 3. The molecule has 8 heterocycles. The molecule has 5 atom stereocenters. The Hall–Kier alpha value is -7.84. The van der Waals surface area contributed by atoms with Gasteiger partial charge in [-0.15, -0.1) is 6.42 Å². The summed E-state index contributed by atoms with van der Waals surface area (Å²) in [6, 6.07) is 12.5. The van der Waals surface area contributed by atoms with Crippen molar-refractivity contribution >= 4 is 62.9 Å². The Morgan fingerprint density at radius 1 is 0.804 bits per heavy atom. The van der Waals surface area contributed by atoms with Crippen LogP contribution in [-0.2, 0) is 47.5 Å².